The van der Waals surface area contributed by atoms with Crippen LogP contribution in [-0.2, 0) is 6.54 Å². The van der Waals surface area contributed by atoms with Crippen LogP contribution in [-0.4, -0.2) is 42.7 Å². The molecule has 3 aromatic heterocycles. The highest BCUT2D eigenvalue weighted by molar-refractivity contribution is 5.69. The fourth-order valence-electron chi connectivity index (χ4n) is 2.93. The zero-order valence-corrected chi connectivity index (χ0v) is 15.6. The maximum atomic E-state index is 4.58. The van der Waals surface area contributed by atoms with Crippen molar-refractivity contribution in [1.82, 2.24) is 14.5 Å². The summed E-state index contributed by atoms with van der Waals surface area (Å²) in [6, 6.07) is 12.5. The third-order valence-corrected chi connectivity index (χ3v) is 4.34. The van der Waals surface area contributed by atoms with Crippen molar-refractivity contribution in [3.63, 3.8) is 0 Å². The monoisotopic (exact) mass is 335 g/mol. The number of hydrogen-bond acceptors (Lipinski definition) is 4. The number of aromatic nitrogens is 3. The van der Waals surface area contributed by atoms with Crippen LogP contribution in [0.3, 0.4) is 0 Å². The van der Waals surface area contributed by atoms with Crippen molar-refractivity contribution in [2.75, 3.05) is 38.0 Å². The Bertz CT molecular complexity index is 795. The van der Waals surface area contributed by atoms with E-state index in [1.807, 2.05) is 52.7 Å². The fourth-order valence-corrected chi connectivity index (χ4v) is 2.93. The van der Waals surface area contributed by atoms with E-state index in [9.17, 15) is 0 Å². The first kappa shape index (κ1) is 17.0. The molecule has 0 atom stereocenters. The highest BCUT2D eigenvalue weighted by atomic mass is 15.1. The summed E-state index contributed by atoms with van der Waals surface area (Å²) in [6.45, 7) is 3.01. The van der Waals surface area contributed by atoms with Crippen LogP contribution in [0.4, 0.5) is 11.4 Å². The molecule has 3 rings (SSSR count). The van der Waals surface area contributed by atoms with Gasteiger partial charge in [-0.15, -0.1) is 0 Å². The summed E-state index contributed by atoms with van der Waals surface area (Å²) >= 11 is 0. The Morgan fingerprint density at radius 1 is 0.760 bits per heavy atom. The Hall–Kier alpha value is -2.82. The van der Waals surface area contributed by atoms with Crippen LogP contribution in [0.1, 0.15) is 6.92 Å². The first-order chi connectivity index (χ1) is 12.0. The Kier molecular flexibility index (Phi) is 4.74. The Morgan fingerprint density at radius 3 is 1.56 bits per heavy atom. The Labute approximate surface area is 149 Å². The molecule has 0 bridgehead atoms. The van der Waals surface area contributed by atoms with E-state index < -0.39 is 0 Å². The molecule has 0 fully saturated rings. The lowest BCUT2D eigenvalue weighted by Gasteiger charge is -2.16. The predicted octanol–water partition coefficient (Wildman–Crippen LogP) is 3.76. The minimum absolute atomic E-state index is 0.861. The minimum atomic E-state index is 0.861. The predicted molar refractivity (Wildman–Crippen MR) is 105 cm³/mol. The lowest BCUT2D eigenvalue weighted by molar-refractivity contribution is 0.779. The Morgan fingerprint density at radius 2 is 1.20 bits per heavy atom. The van der Waals surface area contributed by atoms with Crippen molar-refractivity contribution in [3.8, 4) is 22.8 Å². The van der Waals surface area contributed by atoms with Crippen molar-refractivity contribution >= 4 is 11.4 Å². The smallest absolute Gasteiger partial charge is 0.0887 e. The molecule has 5 heteroatoms. The number of rotatable bonds is 5. The first-order valence-electron chi connectivity index (χ1n) is 8.48. The molecule has 5 nitrogen and oxygen atoms in total. The number of nitrogens with zero attached hydrogens (tertiary/aromatic N) is 5. The van der Waals surface area contributed by atoms with E-state index in [1.165, 1.54) is 0 Å². The maximum Gasteiger partial charge on any atom is 0.0887 e. The lowest BCUT2D eigenvalue weighted by atomic mass is 10.2. The van der Waals surface area contributed by atoms with Crippen LogP contribution in [0, 0.1) is 0 Å². The molecule has 0 aliphatic rings. The van der Waals surface area contributed by atoms with Crippen LogP contribution in [0.2, 0.25) is 0 Å². The van der Waals surface area contributed by atoms with E-state index in [4.69, 9.17) is 0 Å². The van der Waals surface area contributed by atoms with Crippen LogP contribution in [0.25, 0.3) is 22.8 Å². The van der Waals surface area contributed by atoms with Gasteiger partial charge in [0, 0.05) is 58.5 Å². The molecule has 0 saturated carbocycles. The van der Waals surface area contributed by atoms with Gasteiger partial charge in [0.15, 0.2) is 0 Å². The van der Waals surface area contributed by atoms with Crippen LogP contribution in [0.15, 0.2) is 48.8 Å². The molecule has 130 valence electrons. The molecule has 0 aliphatic carbocycles. The van der Waals surface area contributed by atoms with Crippen molar-refractivity contribution in [2.24, 2.45) is 0 Å². The van der Waals surface area contributed by atoms with Crippen molar-refractivity contribution < 1.29 is 0 Å². The van der Waals surface area contributed by atoms with Gasteiger partial charge in [-0.05, 0) is 43.3 Å². The molecule has 25 heavy (non-hydrogen) atoms. The summed E-state index contributed by atoms with van der Waals surface area (Å²) in [4.78, 5) is 13.3. The van der Waals surface area contributed by atoms with Crippen molar-refractivity contribution in [3.05, 3.63) is 48.8 Å². The normalized spacial score (nSPS) is 10.8. The third kappa shape index (κ3) is 3.36. The van der Waals surface area contributed by atoms with Crippen molar-refractivity contribution in [1.29, 1.82) is 0 Å². The molecular weight excluding hydrogens is 310 g/mol. The average molecular weight is 335 g/mol. The molecule has 0 N–H and O–H groups in total. The molecular formula is C20H25N5. The molecule has 0 radical (unpaired) electrons. The molecule has 0 amide bonds. The van der Waals surface area contributed by atoms with E-state index >= 15 is 0 Å². The number of pyridine rings is 2. The second-order valence-electron chi connectivity index (χ2n) is 6.44. The fraction of sp³-hybridized carbons (Fsp3) is 0.300. The SMILES string of the molecule is CCn1c(-c2cc(N(C)C)ccn2)ccc1-c1cc(N(C)C)ccn1. The molecule has 0 aliphatic heterocycles. The number of anilines is 2. The zero-order valence-electron chi connectivity index (χ0n) is 15.6. The summed E-state index contributed by atoms with van der Waals surface area (Å²) in [5, 5.41) is 0. The number of hydrogen-bond donors (Lipinski definition) is 0. The molecule has 3 heterocycles. The standard InChI is InChI=1S/C20H25N5/c1-6-25-19(17-13-15(23(2)3)9-11-21-17)7-8-20(25)18-14-16(24(4)5)10-12-22-18/h7-14H,6H2,1-5H3. The summed E-state index contributed by atoms with van der Waals surface area (Å²) in [7, 11) is 8.17. The van der Waals surface area contributed by atoms with Crippen LogP contribution < -0.4 is 9.80 Å². The topological polar surface area (TPSA) is 37.2 Å². The second-order valence-corrected chi connectivity index (χ2v) is 6.44. The summed E-state index contributed by atoms with van der Waals surface area (Å²) in [5.41, 5.74) is 6.45. The molecule has 0 unspecified atom stereocenters. The van der Waals surface area contributed by atoms with Gasteiger partial charge in [0.05, 0.1) is 22.8 Å². The second kappa shape index (κ2) is 6.97. The molecule has 0 spiro atoms. The van der Waals surface area contributed by atoms with E-state index in [-0.39, 0.29) is 0 Å². The quantitative estimate of drug-likeness (QED) is 0.711. The largest absolute Gasteiger partial charge is 0.378 e. The van der Waals surface area contributed by atoms with E-state index in [2.05, 4.69) is 55.5 Å². The van der Waals surface area contributed by atoms with Gasteiger partial charge in [0.2, 0.25) is 0 Å². The van der Waals surface area contributed by atoms with Gasteiger partial charge in [-0.25, -0.2) is 0 Å². The highest BCUT2D eigenvalue weighted by Crippen LogP contribution is 2.29. The third-order valence-electron chi connectivity index (χ3n) is 4.34. The highest BCUT2D eigenvalue weighted by Gasteiger charge is 2.14. The van der Waals surface area contributed by atoms with Gasteiger partial charge in [-0.3, -0.25) is 9.97 Å². The summed E-state index contributed by atoms with van der Waals surface area (Å²) in [5.74, 6) is 0. The molecule has 3 aromatic rings. The van der Waals surface area contributed by atoms with Gasteiger partial charge in [-0.1, -0.05) is 0 Å². The van der Waals surface area contributed by atoms with Crippen LogP contribution >= 0.6 is 0 Å². The van der Waals surface area contributed by atoms with E-state index in [0.717, 1.165) is 40.7 Å². The van der Waals surface area contributed by atoms with Gasteiger partial charge >= 0.3 is 0 Å². The summed E-state index contributed by atoms with van der Waals surface area (Å²) < 4.78 is 2.27. The van der Waals surface area contributed by atoms with Gasteiger partial charge < -0.3 is 14.4 Å². The zero-order chi connectivity index (χ0) is 18.0. The minimum Gasteiger partial charge on any atom is -0.378 e. The summed E-state index contributed by atoms with van der Waals surface area (Å²) in [6.07, 6.45) is 3.73. The molecule has 0 aromatic carbocycles. The lowest BCUT2D eigenvalue weighted by Crippen LogP contribution is -2.09. The van der Waals surface area contributed by atoms with Gasteiger partial charge in [0.1, 0.15) is 0 Å². The van der Waals surface area contributed by atoms with Gasteiger partial charge in [0.25, 0.3) is 0 Å². The van der Waals surface area contributed by atoms with E-state index in [1.54, 1.807) is 0 Å². The van der Waals surface area contributed by atoms with Gasteiger partial charge in [-0.2, -0.15) is 0 Å². The Balaban J connectivity index is 2.08. The molecule has 0 saturated heterocycles. The van der Waals surface area contributed by atoms with Crippen molar-refractivity contribution in [2.45, 2.75) is 13.5 Å². The van der Waals surface area contributed by atoms with E-state index in [0.29, 0.717) is 0 Å². The maximum absolute atomic E-state index is 4.58. The van der Waals surface area contributed by atoms with Crippen LogP contribution in [0.5, 0.6) is 0 Å². The average Bonchev–Trinajstić information content (AvgIpc) is 3.06. The first-order valence-corrected chi connectivity index (χ1v) is 8.48.